The van der Waals surface area contributed by atoms with E-state index >= 15 is 0 Å². The predicted octanol–water partition coefficient (Wildman–Crippen LogP) is 2.61. The molecule has 2 N–H and O–H groups in total. The van der Waals surface area contributed by atoms with Crippen molar-refractivity contribution < 1.29 is 9.84 Å². The van der Waals surface area contributed by atoms with Crippen LogP contribution >= 0.6 is 24.8 Å². The Balaban J connectivity index is 0.00000121. The minimum atomic E-state index is 0. The summed E-state index contributed by atoms with van der Waals surface area (Å²) in [6, 6.07) is 8.24. The molecule has 0 radical (unpaired) electrons. The number of hydrogen-bond donors (Lipinski definition) is 2. The van der Waals surface area contributed by atoms with Gasteiger partial charge in [0.25, 0.3) is 0 Å². The van der Waals surface area contributed by atoms with Crippen molar-refractivity contribution in [2.45, 2.75) is 18.9 Å². The van der Waals surface area contributed by atoms with Crippen LogP contribution in [0.4, 0.5) is 0 Å². The lowest BCUT2D eigenvalue weighted by molar-refractivity contribution is 0.0213. The molecule has 1 aromatic rings. The number of rotatable bonds is 3. The van der Waals surface area contributed by atoms with E-state index in [0.717, 1.165) is 52.2 Å². The summed E-state index contributed by atoms with van der Waals surface area (Å²) in [4.78, 5) is 2.60. The molecule has 22 heavy (non-hydrogen) atoms. The maximum atomic E-state index is 9.52. The number of nitrogens with zero attached hydrogens (tertiary/aromatic N) is 1. The molecular formula is C16H26Cl2N2O2. The normalized spacial score (nSPS) is 21.5. The molecule has 0 aliphatic carbocycles. The number of phenolic OH excluding ortho intramolecular Hbond substituents is 1. The topological polar surface area (TPSA) is 44.7 Å². The molecule has 6 heteroatoms. The average Bonchev–Trinajstić information content (AvgIpc) is 2.52. The van der Waals surface area contributed by atoms with E-state index in [1.165, 1.54) is 5.56 Å². The van der Waals surface area contributed by atoms with Crippen molar-refractivity contribution in [1.29, 1.82) is 0 Å². The number of halogens is 2. The van der Waals surface area contributed by atoms with E-state index in [9.17, 15) is 5.11 Å². The molecule has 0 amide bonds. The van der Waals surface area contributed by atoms with Crippen LogP contribution in [-0.2, 0) is 4.74 Å². The fourth-order valence-electron chi connectivity index (χ4n) is 3.44. The zero-order valence-corrected chi connectivity index (χ0v) is 14.4. The van der Waals surface area contributed by atoms with Crippen LogP contribution in [0.25, 0.3) is 0 Å². The first-order chi connectivity index (χ1) is 9.84. The first-order valence-electron chi connectivity index (χ1n) is 7.66. The van der Waals surface area contributed by atoms with Crippen LogP contribution < -0.4 is 5.32 Å². The van der Waals surface area contributed by atoms with Gasteiger partial charge < -0.3 is 15.2 Å². The highest BCUT2D eigenvalue weighted by molar-refractivity contribution is 5.85. The number of nitrogens with one attached hydrogen (secondary N) is 1. The number of piperazine rings is 1. The monoisotopic (exact) mass is 348 g/mol. The van der Waals surface area contributed by atoms with Gasteiger partial charge in [-0.2, -0.15) is 0 Å². The van der Waals surface area contributed by atoms with E-state index < -0.39 is 0 Å². The molecule has 1 aromatic carbocycles. The number of hydrogen-bond acceptors (Lipinski definition) is 4. The minimum Gasteiger partial charge on any atom is -0.508 e. The van der Waals surface area contributed by atoms with Crippen LogP contribution in [-0.4, -0.2) is 49.4 Å². The smallest absolute Gasteiger partial charge is 0.115 e. The van der Waals surface area contributed by atoms with Gasteiger partial charge in [-0.1, -0.05) is 12.1 Å². The van der Waals surface area contributed by atoms with Gasteiger partial charge in [0.2, 0.25) is 0 Å². The molecule has 2 saturated heterocycles. The minimum absolute atomic E-state index is 0. The Labute approximate surface area is 145 Å². The average molecular weight is 349 g/mol. The highest BCUT2D eigenvalue weighted by atomic mass is 35.5. The highest BCUT2D eigenvalue weighted by Crippen LogP contribution is 2.35. The molecule has 0 aromatic heterocycles. The van der Waals surface area contributed by atoms with Gasteiger partial charge in [-0.25, -0.2) is 0 Å². The molecule has 4 nitrogen and oxygen atoms in total. The van der Waals surface area contributed by atoms with Gasteiger partial charge in [0.05, 0.1) is 0 Å². The van der Waals surface area contributed by atoms with Gasteiger partial charge in [0.1, 0.15) is 5.75 Å². The molecule has 2 fully saturated rings. The summed E-state index contributed by atoms with van der Waals surface area (Å²) in [7, 11) is 0. The van der Waals surface area contributed by atoms with E-state index in [4.69, 9.17) is 4.74 Å². The molecule has 2 aliphatic rings. The largest absolute Gasteiger partial charge is 0.508 e. The van der Waals surface area contributed by atoms with Crippen molar-refractivity contribution >= 4 is 24.8 Å². The molecule has 0 unspecified atom stereocenters. The lowest BCUT2D eigenvalue weighted by atomic mass is 9.85. The summed E-state index contributed by atoms with van der Waals surface area (Å²) in [6.45, 7) is 6.10. The first-order valence-corrected chi connectivity index (χ1v) is 7.66. The Hall–Kier alpha value is -0.520. The van der Waals surface area contributed by atoms with Crippen LogP contribution in [0.1, 0.15) is 24.4 Å². The fourth-order valence-corrected chi connectivity index (χ4v) is 3.44. The number of ether oxygens (including phenoxy) is 1. The van der Waals surface area contributed by atoms with Gasteiger partial charge >= 0.3 is 0 Å². The Bertz CT molecular complexity index is 401. The van der Waals surface area contributed by atoms with Gasteiger partial charge in [0.15, 0.2) is 0 Å². The summed E-state index contributed by atoms with van der Waals surface area (Å²) in [5.41, 5.74) is 1.33. The Kier molecular flexibility index (Phi) is 8.50. The Morgan fingerprint density at radius 2 is 1.64 bits per heavy atom. The van der Waals surface area contributed by atoms with Crippen molar-refractivity contribution in [3.05, 3.63) is 29.8 Å². The van der Waals surface area contributed by atoms with E-state index in [1.807, 2.05) is 12.1 Å². The highest BCUT2D eigenvalue weighted by Gasteiger charge is 2.31. The third-order valence-corrected chi connectivity index (χ3v) is 4.49. The van der Waals surface area contributed by atoms with Gasteiger partial charge in [-0.15, -0.1) is 24.8 Å². The summed E-state index contributed by atoms with van der Waals surface area (Å²) in [5.74, 6) is 1.01. The van der Waals surface area contributed by atoms with Crippen molar-refractivity contribution in [1.82, 2.24) is 10.2 Å². The molecule has 126 valence electrons. The molecule has 2 heterocycles. The lowest BCUT2D eigenvalue weighted by Crippen LogP contribution is -2.47. The van der Waals surface area contributed by atoms with E-state index in [0.29, 0.717) is 17.7 Å². The number of phenols is 1. The van der Waals surface area contributed by atoms with E-state index in [2.05, 4.69) is 22.3 Å². The second-order valence-corrected chi connectivity index (χ2v) is 5.77. The van der Waals surface area contributed by atoms with Crippen LogP contribution in [0.2, 0.25) is 0 Å². The van der Waals surface area contributed by atoms with Crippen molar-refractivity contribution in [2.24, 2.45) is 5.92 Å². The predicted molar refractivity (Wildman–Crippen MR) is 93.3 cm³/mol. The van der Waals surface area contributed by atoms with Crippen LogP contribution in [0.5, 0.6) is 5.75 Å². The molecule has 0 bridgehead atoms. The third-order valence-electron chi connectivity index (χ3n) is 4.49. The van der Waals surface area contributed by atoms with Crippen molar-refractivity contribution in [3.8, 4) is 5.75 Å². The summed E-state index contributed by atoms with van der Waals surface area (Å²) >= 11 is 0. The van der Waals surface area contributed by atoms with E-state index in [1.54, 1.807) is 0 Å². The number of aromatic hydroxyl groups is 1. The summed E-state index contributed by atoms with van der Waals surface area (Å²) < 4.78 is 5.52. The van der Waals surface area contributed by atoms with Gasteiger partial charge in [-0.05, 0) is 36.5 Å². The lowest BCUT2D eigenvalue weighted by Gasteiger charge is -2.41. The molecular weight excluding hydrogens is 323 g/mol. The Morgan fingerprint density at radius 3 is 2.23 bits per heavy atom. The molecule has 3 rings (SSSR count). The number of benzene rings is 1. The molecule has 0 saturated carbocycles. The fraction of sp³-hybridized carbons (Fsp3) is 0.625. The maximum absolute atomic E-state index is 9.52. The molecule has 1 atom stereocenters. The second kappa shape index (κ2) is 9.58. The SMILES string of the molecule is Cl.Cl.Oc1ccc([C@@H](C2CCOCC2)N2CCNCC2)cc1. The summed E-state index contributed by atoms with van der Waals surface area (Å²) in [5, 5.41) is 12.9. The third kappa shape index (κ3) is 4.74. The van der Waals surface area contributed by atoms with Crippen molar-refractivity contribution in [2.75, 3.05) is 39.4 Å². The molecule has 0 spiro atoms. The second-order valence-electron chi connectivity index (χ2n) is 5.77. The van der Waals surface area contributed by atoms with Gasteiger partial charge in [0, 0.05) is 45.4 Å². The maximum Gasteiger partial charge on any atom is 0.115 e. The first kappa shape index (κ1) is 19.5. The zero-order valence-electron chi connectivity index (χ0n) is 12.7. The van der Waals surface area contributed by atoms with Crippen LogP contribution in [0.3, 0.4) is 0 Å². The standard InChI is InChI=1S/C16H24N2O2.2ClH/c19-15-3-1-13(2-4-15)16(14-5-11-20-12-6-14)18-9-7-17-8-10-18;;/h1-4,14,16-17,19H,5-12H2;2*1H/t16-;;/m0../s1. The Morgan fingerprint density at radius 1 is 1.05 bits per heavy atom. The summed E-state index contributed by atoms with van der Waals surface area (Å²) in [6.07, 6.45) is 2.27. The quantitative estimate of drug-likeness (QED) is 0.881. The van der Waals surface area contributed by atoms with Crippen LogP contribution in [0, 0.1) is 5.92 Å². The van der Waals surface area contributed by atoms with Gasteiger partial charge in [-0.3, -0.25) is 4.90 Å². The van der Waals surface area contributed by atoms with Crippen LogP contribution in [0.15, 0.2) is 24.3 Å². The van der Waals surface area contributed by atoms with E-state index in [-0.39, 0.29) is 24.8 Å². The molecule has 2 aliphatic heterocycles. The zero-order chi connectivity index (χ0) is 13.8. The van der Waals surface area contributed by atoms with Crippen molar-refractivity contribution in [3.63, 3.8) is 0 Å².